The molecule has 0 saturated heterocycles. The lowest BCUT2D eigenvalue weighted by Crippen LogP contribution is -2.49. The third-order valence-corrected chi connectivity index (χ3v) is 6.78. The quantitative estimate of drug-likeness (QED) is 0.703. The van der Waals surface area contributed by atoms with Crippen LogP contribution in [-0.2, 0) is 10.0 Å². The summed E-state index contributed by atoms with van der Waals surface area (Å²) in [6, 6.07) is 10.4. The SMILES string of the molecule is [C-]#[N+]c1cnc2c(ccn2S(=O)(=O)c2ccccc2)c1N(C)C1CC(N)C1. The van der Waals surface area contributed by atoms with Crippen LogP contribution in [0.15, 0.2) is 53.7 Å². The van der Waals surface area contributed by atoms with Gasteiger partial charge in [0.05, 0.1) is 17.2 Å². The van der Waals surface area contributed by atoms with Crippen molar-refractivity contribution in [3.8, 4) is 0 Å². The lowest BCUT2D eigenvalue weighted by molar-refractivity contribution is 0.340. The van der Waals surface area contributed by atoms with E-state index < -0.39 is 10.0 Å². The van der Waals surface area contributed by atoms with Crippen LogP contribution in [0.4, 0.5) is 11.4 Å². The molecule has 1 saturated carbocycles. The molecule has 0 bridgehead atoms. The molecule has 0 atom stereocenters. The number of pyridine rings is 1. The zero-order chi connectivity index (χ0) is 19.2. The van der Waals surface area contributed by atoms with Gasteiger partial charge in [0.2, 0.25) is 5.69 Å². The number of nitrogens with zero attached hydrogens (tertiary/aromatic N) is 4. The second-order valence-electron chi connectivity index (χ2n) is 6.77. The molecule has 0 radical (unpaired) electrons. The van der Waals surface area contributed by atoms with Crippen LogP contribution >= 0.6 is 0 Å². The summed E-state index contributed by atoms with van der Waals surface area (Å²) in [5, 5.41) is 0.644. The Kier molecular flexibility index (Phi) is 4.13. The number of nitrogens with two attached hydrogens (primary N) is 1. The summed E-state index contributed by atoms with van der Waals surface area (Å²) in [5.74, 6) is 0. The molecule has 4 rings (SSSR count). The van der Waals surface area contributed by atoms with Crippen LogP contribution < -0.4 is 10.6 Å². The summed E-state index contributed by atoms with van der Waals surface area (Å²) in [4.78, 5) is 10.1. The van der Waals surface area contributed by atoms with E-state index in [1.165, 1.54) is 16.4 Å². The zero-order valence-electron chi connectivity index (χ0n) is 14.8. The molecular weight excluding hydrogens is 362 g/mol. The molecular formula is C19H19N5O2S. The minimum Gasteiger partial charge on any atom is -0.380 e. The van der Waals surface area contributed by atoms with E-state index in [1.54, 1.807) is 36.4 Å². The van der Waals surface area contributed by atoms with Crippen LogP contribution in [0.3, 0.4) is 0 Å². The predicted octanol–water partition coefficient (Wildman–Crippen LogP) is 2.75. The minimum atomic E-state index is -3.77. The van der Waals surface area contributed by atoms with Gasteiger partial charge in [0.15, 0.2) is 5.65 Å². The maximum atomic E-state index is 13.0. The van der Waals surface area contributed by atoms with E-state index in [2.05, 4.69) is 9.83 Å². The molecule has 7 nitrogen and oxygen atoms in total. The first-order chi connectivity index (χ1) is 12.9. The highest BCUT2D eigenvalue weighted by Crippen LogP contribution is 2.39. The van der Waals surface area contributed by atoms with Gasteiger partial charge in [0.1, 0.15) is 0 Å². The lowest BCUT2D eigenvalue weighted by atomic mass is 9.86. The summed E-state index contributed by atoms with van der Waals surface area (Å²) in [7, 11) is -1.85. The van der Waals surface area contributed by atoms with Gasteiger partial charge in [-0.2, -0.15) is 0 Å². The van der Waals surface area contributed by atoms with Gasteiger partial charge in [-0.25, -0.2) is 22.2 Å². The van der Waals surface area contributed by atoms with Crippen LogP contribution in [0.5, 0.6) is 0 Å². The minimum absolute atomic E-state index is 0.175. The standard InChI is InChI=1S/C19H19N5O2S/c1-21-17-12-22-19-16(18(17)23(2)14-10-13(20)11-14)8-9-24(19)27(25,26)15-6-4-3-5-7-15/h3-9,12-14H,10-11,20H2,2H3. The first-order valence-corrected chi connectivity index (χ1v) is 10.0. The van der Waals surface area contributed by atoms with Crippen LogP contribution in [-0.4, -0.2) is 36.5 Å². The third kappa shape index (κ3) is 2.76. The number of benzene rings is 1. The normalized spacial score (nSPS) is 19.4. The smallest absolute Gasteiger partial charge is 0.269 e. The Labute approximate surface area is 157 Å². The second kappa shape index (κ2) is 6.37. The fourth-order valence-corrected chi connectivity index (χ4v) is 4.84. The van der Waals surface area contributed by atoms with Crippen molar-refractivity contribution in [1.29, 1.82) is 0 Å². The van der Waals surface area contributed by atoms with Gasteiger partial charge in [-0.15, -0.1) is 0 Å². The molecule has 0 aliphatic heterocycles. The van der Waals surface area contributed by atoms with E-state index in [-0.39, 0.29) is 17.0 Å². The zero-order valence-corrected chi connectivity index (χ0v) is 15.6. The largest absolute Gasteiger partial charge is 0.380 e. The van der Waals surface area contributed by atoms with E-state index in [0.717, 1.165) is 12.8 Å². The van der Waals surface area contributed by atoms with Crippen molar-refractivity contribution < 1.29 is 8.42 Å². The Morgan fingerprint density at radius 1 is 1.26 bits per heavy atom. The highest BCUT2D eigenvalue weighted by atomic mass is 32.2. The average molecular weight is 381 g/mol. The maximum Gasteiger partial charge on any atom is 0.269 e. The van der Waals surface area contributed by atoms with E-state index in [1.807, 2.05) is 11.9 Å². The maximum absolute atomic E-state index is 13.0. The second-order valence-corrected chi connectivity index (χ2v) is 8.58. The van der Waals surface area contributed by atoms with Crippen LogP contribution in [0.1, 0.15) is 12.8 Å². The number of fused-ring (bicyclic) bond motifs is 1. The summed E-state index contributed by atoms with van der Waals surface area (Å²) in [5.41, 5.74) is 7.33. The molecule has 2 N–H and O–H groups in total. The lowest BCUT2D eigenvalue weighted by Gasteiger charge is -2.41. The first-order valence-electron chi connectivity index (χ1n) is 8.60. The van der Waals surface area contributed by atoms with Gasteiger partial charge in [-0.05, 0) is 31.0 Å². The summed E-state index contributed by atoms with van der Waals surface area (Å²) in [6.45, 7) is 7.48. The Hall–Kier alpha value is -2.89. The summed E-state index contributed by atoms with van der Waals surface area (Å²) < 4.78 is 27.2. The first kappa shape index (κ1) is 17.5. The van der Waals surface area contributed by atoms with Gasteiger partial charge in [0, 0.05) is 36.9 Å². The van der Waals surface area contributed by atoms with E-state index in [9.17, 15) is 8.42 Å². The van der Waals surface area contributed by atoms with Crippen LogP contribution in [0, 0.1) is 6.57 Å². The van der Waals surface area contributed by atoms with Crippen LogP contribution in [0.25, 0.3) is 15.9 Å². The number of anilines is 1. The van der Waals surface area contributed by atoms with Gasteiger partial charge in [-0.1, -0.05) is 18.2 Å². The number of rotatable bonds is 4. The fraction of sp³-hybridized carbons (Fsp3) is 0.263. The monoisotopic (exact) mass is 381 g/mol. The summed E-state index contributed by atoms with van der Waals surface area (Å²) in [6.07, 6.45) is 4.63. The number of hydrogen-bond donors (Lipinski definition) is 1. The summed E-state index contributed by atoms with van der Waals surface area (Å²) >= 11 is 0. The van der Waals surface area contributed by atoms with Crippen molar-refractivity contribution in [3.63, 3.8) is 0 Å². The Morgan fingerprint density at radius 3 is 2.59 bits per heavy atom. The van der Waals surface area contributed by atoms with Crippen molar-refractivity contribution in [2.24, 2.45) is 5.73 Å². The third-order valence-electron chi connectivity index (χ3n) is 5.10. The van der Waals surface area contributed by atoms with E-state index in [4.69, 9.17) is 12.3 Å². The topological polar surface area (TPSA) is 85.6 Å². The van der Waals surface area contributed by atoms with E-state index in [0.29, 0.717) is 22.4 Å². The van der Waals surface area contributed by atoms with E-state index >= 15 is 0 Å². The highest BCUT2D eigenvalue weighted by molar-refractivity contribution is 7.90. The molecule has 0 unspecified atom stereocenters. The molecule has 138 valence electrons. The molecule has 1 aromatic carbocycles. The molecule has 2 aromatic heterocycles. The number of hydrogen-bond acceptors (Lipinski definition) is 5. The molecule has 1 aliphatic rings. The molecule has 27 heavy (non-hydrogen) atoms. The Bertz CT molecular complexity index is 1140. The van der Waals surface area contributed by atoms with Gasteiger partial charge in [-0.3, -0.25) is 0 Å². The molecule has 2 heterocycles. The Balaban J connectivity index is 1.88. The van der Waals surface area contributed by atoms with Crippen molar-refractivity contribution in [2.75, 3.05) is 11.9 Å². The fourth-order valence-electron chi connectivity index (χ4n) is 3.52. The highest BCUT2D eigenvalue weighted by Gasteiger charge is 2.32. The molecule has 3 aromatic rings. The van der Waals surface area contributed by atoms with Gasteiger partial charge in [0.25, 0.3) is 10.0 Å². The van der Waals surface area contributed by atoms with Gasteiger partial charge >= 0.3 is 0 Å². The average Bonchev–Trinajstić information content (AvgIpc) is 3.09. The van der Waals surface area contributed by atoms with Crippen LogP contribution in [0.2, 0.25) is 0 Å². The molecule has 1 aliphatic carbocycles. The number of aromatic nitrogens is 2. The molecule has 8 heteroatoms. The van der Waals surface area contributed by atoms with Crippen molar-refractivity contribution in [3.05, 3.63) is 60.2 Å². The molecule has 0 spiro atoms. The molecule has 1 fully saturated rings. The van der Waals surface area contributed by atoms with Crippen molar-refractivity contribution in [1.82, 2.24) is 8.96 Å². The van der Waals surface area contributed by atoms with Crippen molar-refractivity contribution >= 4 is 32.4 Å². The predicted molar refractivity (Wildman–Crippen MR) is 104 cm³/mol. The van der Waals surface area contributed by atoms with Crippen molar-refractivity contribution in [2.45, 2.75) is 29.8 Å². The molecule has 0 amide bonds. The van der Waals surface area contributed by atoms with Gasteiger partial charge < -0.3 is 10.6 Å². The Morgan fingerprint density at radius 2 is 1.96 bits per heavy atom.